The molecule has 3 rings (SSSR count). The number of para-hydroxylation sites is 1. The second kappa shape index (κ2) is 4.09. The Labute approximate surface area is 103 Å². The molecule has 2 aromatic rings. The second-order valence-corrected chi connectivity index (χ2v) is 4.56. The van der Waals surface area contributed by atoms with E-state index in [9.17, 15) is 4.79 Å². The van der Waals surface area contributed by atoms with Crippen molar-refractivity contribution in [2.75, 3.05) is 13.2 Å². The van der Waals surface area contributed by atoms with Crippen LogP contribution in [0.5, 0.6) is 0 Å². The molecule has 4 nitrogen and oxygen atoms in total. The summed E-state index contributed by atoms with van der Waals surface area (Å²) in [5.41, 5.74) is 0.762. The van der Waals surface area contributed by atoms with Gasteiger partial charge in [-0.2, -0.15) is 0 Å². The first-order valence-corrected chi connectivity index (χ1v) is 5.99. The molecule has 1 aromatic carbocycles. The van der Waals surface area contributed by atoms with Crippen LogP contribution in [0.2, 0.25) is 0 Å². The molecule has 1 unspecified atom stereocenters. The lowest BCUT2D eigenvalue weighted by atomic mass is 10.2. The predicted octanol–water partition coefficient (Wildman–Crippen LogP) is 2.02. The maximum atomic E-state index is 12.4. The molecule has 0 spiro atoms. The number of fused-ring (bicyclic) bond motifs is 1. The van der Waals surface area contributed by atoms with Crippen LogP contribution in [-0.2, 0) is 4.74 Å². The average Bonchev–Trinajstić information content (AvgIpc) is 2.83. The summed E-state index contributed by atoms with van der Waals surface area (Å²) in [5.74, 6) is 0. The van der Waals surface area contributed by atoms with E-state index >= 15 is 0 Å². The van der Waals surface area contributed by atoms with E-state index in [-0.39, 0.29) is 11.6 Å². The monoisotopic (exact) mass is 248 g/mol. The molecule has 0 amide bonds. The summed E-state index contributed by atoms with van der Waals surface area (Å²) in [7, 11) is 0. The number of rotatable bonds is 1. The van der Waals surface area contributed by atoms with Crippen LogP contribution in [0.4, 0.5) is 0 Å². The second-order valence-electron chi connectivity index (χ2n) is 4.17. The number of H-pyrrole nitrogens is 1. The Morgan fingerprint density at radius 1 is 1.41 bits per heavy atom. The van der Waals surface area contributed by atoms with Gasteiger partial charge < -0.3 is 9.72 Å². The zero-order chi connectivity index (χ0) is 11.8. The van der Waals surface area contributed by atoms with Crippen molar-refractivity contribution in [2.45, 2.75) is 12.5 Å². The van der Waals surface area contributed by atoms with Gasteiger partial charge in [-0.05, 0) is 30.8 Å². The molecular weight excluding hydrogens is 236 g/mol. The van der Waals surface area contributed by atoms with Crippen LogP contribution in [0.3, 0.4) is 0 Å². The van der Waals surface area contributed by atoms with Crippen LogP contribution in [0.25, 0.3) is 10.9 Å². The van der Waals surface area contributed by atoms with Crippen LogP contribution in [0.15, 0.2) is 29.1 Å². The van der Waals surface area contributed by atoms with Gasteiger partial charge in [-0.15, -0.1) is 0 Å². The van der Waals surface area contributed by atoms with Gasteiger partial charge in [0.2, 0.25) is 0 Å². The van der Waals surface area contributed by atoms with Crippen molar-refractivity contribution < 1.29 is 4.74 Å². The van der Waals surface area contributed by atoms with Crippen molar-refractivity contribution in [1.82, 2.24) is 9.55 Å². The first kappa shape index (κ1) is 10.7. The van der Waals surface area contributed by atoms with E-state index in [2.05, 4.69) is 4.98 Å². The zero-order valence-electron chi connectivity index (χ0n) is 9.18. The summed E-state index contributed by atoms with van der Waals surface area (Å²) in [5, 5.41) is 0.674. The molecule has 1 fully saturated rings. The molecule has 0 bridgehead atoms. The van der Waals surface area contributed by atoms with Crippen molar-refractivity contribution in [1.29, 1.82) is 0 Å². The van der Waals surface area contributed by atoms with E-state index in [4.69, 9.17) is 17.0 Å². The van der Waals surface area contributed by atoms with Gasteiger partial charge in [-0.25, -0.2) is 0 Å². The summed E-state index contributed by atoms with van der Waals surface area (Å²) < 4.78 is 7.43. The first-order chi connectivity index (χ1) is 8.27. The molecule has 1 aromatic heterocycles. The van der Waals surface area contributed by atoms with Gasteiger partial charge in [0, 0.05) is 6.61 Å². The lowest BCUT2D eigenvalue weighted by Gasteiger charge is -2.13. The van der Waals surface area contributed by atoms with E-state index in [1.807, 2.05) is 24.3 Å². The molecule has 5 heteroatoms. The third kappa shape index (κ3) is 1.71. The van der Waals surface area contributed by atoms with Crippen LogP contribution in [-0.4, -0.2) is 22.8 Å². The van der Waals surface area contributed by atoms with Crippen molar-refractivity contribution in [3.63, 3.8) is 0 Å². The maximum Gasteiger partial charge on any atom is 0.262 e. The minimum Gasteiger partial charge on any atom is -0.379 e. The fourth-order valence-corrected chi connectivity index (χ4v) is 2.58. The third-order valence-corrected chi connectivity index (χ3v) is 3.41. The lowest BCUT2D eigenvalue weighted by molar-refractivity contribution is 0.185. The number of nitrogens with one attached hydrogen (secondary N) is 1. The zero-order valence-corrected chi connectivity index (χ0v) is 10.00. The fraction of sp³-hybridized carbons (Fsp3) is 0.333. The molecule has 17 heavy (non-hydrogen) atoms. The normalized spacial score (nSPS) is 19.9. The van der Waals surface area contributed by atoms with Crippen LogP contribution in [0, 0.1) is 4.77 Å². The van der Waals surface area contributed by atoms with Crippen molar-refractivity contribution in [2.24, 2.45) is 0 Å². The summed E-state index contributed by atoms with van der Waals surface area (Å²) in [6.45, 7) is 1.26. The van der Waals surface area contributed by atoms with E-state index in [1.165, 1.54) is 0 Å². The Morgan fingerprint density at radius 3 is 3.00 bits per heavy atom. The molecule has 0 aliphatic carbocycles. The van der Waals surface area contributed by atoms with Gasteiger partial charge in [-0.1, -0.05) is 12.1 Å². The topological polar surface area (TPSA) is 47.0 Å². The number of hydrogen-bond donors (Lipinski definition) is 1. The van der Waals surface area contributed by atoms with E-state index < -0.39 is 0 Å². The molecule has 1 N–H and O–H groups in total. The Bertz CT molecular complexity index is 668. The molecule has 0 radical (unpaired) electrons. The van der Waals surface area contributed by atoms with E-state index in [0.29, 0.717) is 23.4 Å². The minimum atomic E-state index is -0.0279. The summed E-state index contributed by atoms with van der Waals surface area (Å²) in [6, 6.07) is 7.49. The number of aromatic amines is 1. The number of nitrogens with zero attached hydrogens (tertiary/aromatic N) is 1. The Hall–Kier alpha value is -1.46. The lowest BCUT2D eigenvalue weighted by Crippen LogP contribution is -2.26. The molecule has 1 aliphatic rings. The van der Waals surface area contributed by atoms with Gasteiger partial charge in [0.25, 0.3) is 5.56 Å². The molecule has 1 saturated heterocycles. The maximum absolute atomic E-state index is 12.4. The number of hydrogen-bond acceptors (Lipinski definition) is 3. The largest absolute Gasteiger partial charge is 0.379 e. The standard InChI is InChI=1S/C12H12N2O2S/c15-11-9-3-1-2-4-10(9)13-12(17)14(11)8-5-6-16-7-8/h1-4,8H,5-7H2,(H,13,17). The molecular formula is C12H12N2O2S. The average molecular weight is 248 g/mol. The Kier molecular flexibility index (Phi) is 2.57. The number of ether oxygens (including phenoxy) is 1. The highest BCUT2D eigenvalue weighted by molar-refractivity contribution is 7.71. The number of aromatic nitrogens is 2. The highest BCUT2D eigenvalue weighted by Crippen LogP contribution is 2.18. The Balaban J connectivity index is 2.31. The van der Waals surface area contributed by atoms with E-state index in [1.54, 1.807) is 4.57 Å². The van der Waals surface area contributed by atoms with Crippen molar-refractivity contribution >= 4 is 23.1 Å². The van der Waals surface area contributed by atoms with Crippen molar-refractivity contribution in [3.05, 3.63) is 39.4 Å². The Morgan fingerprint density at radius 2 is 2.24 bits per heavy atom. The molecule has 1 atom stereocenters. The van der Waals surface area contributed by atoms with Crippen molar-refractivity contribution in [3.8, 4) is 0 Å². The van der Waals surface area contributed by atoms with Gasteiger partial charge in [0.05, 0.1) is 23.6 Å². The molecule has 88 valence electrons. The van der Waals surface area contributed by atoms with Gasteiger partial charge in [-0.3, -0.25) is 9.36 Å². The minimum absolute atomic E-state index is 0.0279. The molecule has 0 saturated carbocycles. The summed E-state index contributed by atoms with van der Waals surface area (Å²) in [6.07, 6.45) is 0.843. The smallest absolute Gasteiger partial charge is 0.262 e. The summed E-state index contributed by atoms with van der Waals surface area (Å²) >= 11 is 5.26. The van der Waals surface area contributed by atoms with Gasteiger partial charge in [0.1, 0.15) is 0 Å². The number of benzene rings is 1. The van der Waals surface area contributed by atoms with Gasteiger partial charge >= 0.3 is 0 Å². The fourth-order valence-electron chi connectivity index (χ4n) is 2.23. The van der Waals surface area contributed by atoms with Crippen LogP contribution >= 0.6 is 12.2 Å². The SMILES string of the molecule is O=c1c2ccccc2[nH]c(=S)n1C1CCOC1. The van der Waals surface area contributed by atoms with E-state index in [0.717, 1.165) is 11.9 Å². The highest BCUT2D eigenvalue weighted by atomic mass is 32.1. The third-order valence-electron chi connectivity index (χ3n) is 3.11. The quantitative estimate of drug-likeness (QED) is 0.785. The van der Waals surface area contributed by atoms with Crippen LogP contribution in [0.1, 0.15) is 12.5 Å². The first-order valence-electron chi connectivity index (χ1n) is 5.58. The van der Waals surface area contributed by atoms with Crippen LogP contribution < -0.4 is 5.56 Å². The summed E-state index contributed by atoms with van der Waals surface area (Å²) in [4.78, 5) is 15.5. The predicted molar refractivity (Wildman–Crippen MR) is 67.9 cm³/mol. The van der Waals surface area contributed by atoms with Gasteiger partial charge in [0.15, 0.2) is 4.77 Å². The highest BCUT2D eigenvalue weighted by Gasteiger charge is 2.20. The molecule has 1 aliphatic heterocycles. The molecule has 2 heterocycles.